The monoisotopic (exact) mass is 470 g/mol. The number of hydrogen-bond donors (Lipinski definition) is 2. The molecule has 7 nitrogen and oxygen atoms in total. The Morgan fingerprint density at radius 1 is 1.00 bits per heavy atom. The molecule has 184 valence electrons. The van der Waals surface area contributed by atoms with Crippen LogP contribution >= 0.6 is 0 Å². The Balaban J connectivity index is 1.42. The largest absolute Gasteiger partial charge is 0.308 e. The molecule has 1 saturated carbocycles. The molecule has 3 aliphatic rings. The lowest BCUT2D eigenvalue weighted by molar-refractivity contribution is -0.129. The van der Waals surface area contributed by atoms with Crippen molar-refractivity contribution < 1.29 is 18.8 Å². The highest BCUT2D eigenvalue weighted by Crippen LogP contribution is 2.42. The molecule has 0 spiro atoms. The van der Waals surface area contributed by atoms with Crippen molar-refractivity contribution in [2.45, 2.75) is 83.7 Å². The highest BCUT2D eigenvalue weighted by atomic mass is 19.1. The molecule has 1 aromatic carbocycles. The van der Waals surface area contributed by atoms with Gasteiger partial charge in [-0.3, -0.25) is 25.2 Å². The van der Waals surface area contributed by atoms with Gasteiger partial charge in [-0.05, 0) is 76.1 Å². The summed E-state index contributed by atoms with van der Waals surface area (Å²) in [6.07, 6.45) is 6.33. The fourth-order valence-electron chi connectivity index (χ4n) is 5.74. The molecule has 3 amide bonds. The third kappa shape index (κ3) is 5.17. The van der Waals surface area contributed by atoms with Crippen LogP contribution in [0.3, 0.4) is 0 Å². The van der Waals surface area contributed by atoms with Crippen LogP contribution in [0.5, 0.6) is 0 Å². The van der Waals surface area contributed by atoms with Crippen LogP contribution in [0.15, 0.2) is 29.3 Å². The molecule has 34 heavy (non-hydrogen) atoms. The molecule has 2 N–H and O–H groups in total. The van der Waals surface area contributed by atoms with E-state index < -0.39 is 23.5 Å². The van der Waals surface area contributed by atoms with Gasteiger partial charge in [-0.15, -0.1) is 0 Å². The van der Waals surface area contributed by atoms with Gasteiger partial charge >= 0.3 is 0 Å². The van der Waals surface area contributed by atoms with E-state index in [0.717, 1.165) is 25.9 Å². The number of hydrazine groups is 1. The minimum atomic E-state index is -0.752. The Bertz CT molecular complexity index is 986. The standard InChI is InChI=1S/C26H35FN4O3/c1-16(2)18-4-7-20(8-5-18)30-12-10-21(11-13-30)31-24-9-6-19(27)14-22(24)23(26(31)34)15-25(33)29-28-17(3)32/h6,9,14,20-21,23H,4-5,7-8,10-13,15H2,1-3H3,(H,28,32)(H,29,33). The number of fused-ring (bicyclic) bond motifs is 1. The van der Waals surface area contributed by atoms with Crippen LogP contribution in [-0.4, -0.2) is 47.8 Å². The number of carbonyl (C=O) groups is 3. The smallest absolute Gasteiger partial charge is 0.239 e. The molecule has 1 aliphatic carbocycles. The van der Waals surface area contributed by atoms with E-state index in [1.54, 1.807) is 16.5 Å². The van der Waals surface area contributed by atoms with Crippen molar-refractivity contribution in [3.63, 3.8) is 0 Å². The molecule has 1 atom stereocenters. The highest BCUT2D eigenvalue weighted by Gasteiger charge is 2.43. The first-order valence-corrected chi connectivity index (χ1v) is 12.3. The number of benzene rings is 1. The third-order valence-electron chi connectivity index (χ3n) is 7.57. The fraction of sp³-hybridized carbons (Fsp3) is 0.577. The van der Waals surface area contributed by atoms with E-state index >= 15 is 0 Å². The van der Waals surface area contributed by atoms with Gasteiger partial charge in [0.2, 0.25) is 17.7 Å². The first-order valence-electron chi connectivity index (χ1n) is 12.3. The molecule has 0 aromatic heterocycles. The van der Waals surface area contributed by atoms with Crippen LogP contribution in [0.1, 0.15) is 77.2 Å². The summed E-state index contributed by atoms with van der Waals surface area (Å²) in [5, 5.41) is 0. The molecular formula is C26H35FN4O3. The Morgan fingerprint density at radius 3 is 2.29 bits per heavy atom. The lowest BCUT2D eigenvalue weighted by atomic mass is 9.86. The van der Waals surface area contributed by atoms with E-state index in [1.165, 1.54) is 50.3 Å². The van der Waals surface area contributed by atoms with Gasteiger partial charge < -0.3 is 9.80 Å². The molecule has 2 heterocycles. The average Bonchev–Trinajstić information content (AvgIpc) is 3.08. The van der Waals surface area contributed by atoms with Gasteiger partial charge in [-0.1, -0.05) is 11.1 Å². The molecule has 0 radical (unpaired) electrons. The number of nitrogens with one attached hydrogen (secondary N) is 2. The van der Waals surface area contributed by atoms with Crippen molar-refractivity contribution >= 4 is 23.4 Å². The molecule has 1 unspecified atom stereocenters. The number of anilines is 1. The lowest BCUT2D eigenvalue weighted by Gasteiger charge is -2.42. The van der Waals surface area contributed by atoms with Gasteiger partial charge in [0, 0.05) is 44.2 Å². The second-order valence-electron chi connectivity index (χ2n) is 10.00. The van der Waals surface area contributed by atoms with Crippen LogP contribution in [-0.2, 0) is 14.4 Å². The van der Waals surface area contributed by atoms with Crippen LogP contribution in [0.2, 0.25) is 0 Å². The zero-order chi connectivity index (χ0) is 24.4. The zero-order valence-electron chi connectivity index (χ0n) is 20.3. The number of amides is 3. The zero-order valence-corrected chi connectivity index (χ0v) is 20.3. The van der Waals surface area contributed by atoms with Crippen LogP contribution in [0.25, 0.3) is 0 Å². The minimum Gasteiger partial charge on any atom is -0.308 e. The lowest BCUT2D eigenvalue weighted by Crippen LogP contribution is -2.50. The number of piperidine rings is 1. The number of halogens is 1. The summed E-state index contributed by atoms with van der Waals surface area (Å²) in [7, 11) is 0. The summed E-state index contributed by atoms with van der Waals surface area (Å²) in [6.45, 7) is 7.57. The molecule has 1 aromatic rings. The maximum absolute atomic E-state index is 14.1. The van der Waals surface area contributed by atoms with Crippen molar-refractivity contribution in [1.29, 1.82) is 0 Å². The van der Waals surface area contributed by atoms with E-state index in [-0.39, 0.29) is 18.4 Å². The third-order valence-corrected chi connectivity index (χ3v) is 7.57. The molecule has 4 rings (SSSR count). The van der Waals surface area contributed by atoms with Gasteiger partial charge in [-0.25, -0.2) is 4.39 Å². The summed E-state index contributed by atoms with van der Waals surface area (Å²) in [5.74, 6) is -2.22. The fourth-order valence-corrected chi connectivity index (χ4v) is 5.74. The summed E-state index contributed by atoms with van der Waals surface area (Å²) in [5.41, 5.74) is 8.86. The number of carbonyl (C=O) groups excluding carboxylic acids is 3. The van der Waals surface area contributed by atoms with Crippen molar-refractivity contribution in [2.24, 2.45) is 0 Å². The van der Waals surface area contributed by atoms with Crippen LogP contribution in [0, 0.1) is 5.82 Å². The van der Waals surface area contributed by atoms with E-state index in [4.69, 9.17) is 0 Å². The maximum atomic E-state index is 14.1. The van der Waals surface area contributed by atoms with Crippen molar-refractivity contribution in [3.8, 4) is 0 Å². The summed E-state index contributed by atoms with van der Waals surface area (Å²) >= 11 is 0. The van der Waals surface area contributed by atoms with E-state index in [1.807, 2.05) is 0 Å². The molecule has 0 bridgehead atoms. The second kappa shape index (κ2) is 10.3. The summed E-state index contributed by atoms with van der Waals surface area (Å²) in [6, 6.07) is 5.03. The molecule has 8 heteroatoms. The molecular weight excluding hydrogens is 435 g/mol. The normalized spacial score (nSPS) is 23.6. The van der Waals surface area contributed by atoms with Crippen molar-refractivity contribution in [1.82, 2.24) is 15.8 Å². The van der Waals surface area contributed by atoms with Gasteiger partial charge in [0.1, 0.15) is 5.82 Å². The number of hydrogen-bond acceptors (Lipinski definition) is 4. The van der Waals surface area contributed by atoms with Gasteiger partial charge in [0.25, 0.3) is 0 Å². The van der Waals surface area contributed by atoms with Crippen molar-refractivity contribution in [3.05, 3.63) is 40.7 Å². The molecule has 2 fully saturated rings. The maximum Gasteiger partial charge on any atom is 0.239 e. The van der Waals surface area contributed by atoms with E-state index in [0.29, 0.717) is 17.3 Å². The van der Waals surface area contributed by atoms with E-state index in [9.17, 15) is 18.8 Å². The Kier molecular flexibility index (Phi) is 7.36. The summed E-state index contributed by atoms with van der Waals surface area (Å²) in [4.78, 5) is 41.2. The van der Waals surface area contributed by atoms with Crippen molar-refractivity contribution in [2.75, 3.05) is 18.0 Å². The number of nitrogens with zero attached hydrogens (tertiary/aromatic N) is 2. The predicted octanol–water partition coefficient (Wildman–Crippen LogP) is 3.56. The summed E-state index contributed by atoms with van der Waals surface area (Å²) < 4.78 is 14.1. The molecule has 1 saturated heterocycles. The van der Waals surface area contributed by atoms with E-state index in [2.05, 4.69) is 29.6 Å². The number of likely N-dealkylation sites (tertiary alicyclic amines) is 1. The Labute approximate surface area is 200 Å². The average molecular weight is 471 g/mol. The van der Waals surface area contributed by atoms with Gasteiger partial charge in [0.15, 0.2) is 0 Å². The van der Waals surface area contributed by atoms with Gasteiger partial charge in [0.05, 0.1) is 5.92 Å². The Hall–Kier alpha value is -2.74. The quantitative estimate of drug-likeness (QED) is 0.521. The van der Waals surface area contributed by atoms with Gasteiger partial charge in [-0.2, -0.15) is 0 Å². The minimum absolute atomic E-state index is 0.0355. The van der Waals surface area contributed by atoms with Crippen LogP contribution < -0.4 is 15.8 Å². The topological polar surface area (TPSA) is 81.8 Å². The SMILES string of the molecule is CC(=O)NNC(=O)CC1C(=O)N(C2CCN(C3CCC(=C(C)C)CC3)CC2)c2ccc(F)cc21. The van der Waals surface area contributed by atoms with Crippen LogP contribution in [0.4, 0.5) is 10.1 Å². The predicted molar refractivity (Wildman–Crippen MR) is 128 cm³/mol. The molecule has 2 aliphatic heterocycles. The number of rotatable bonds is 4. The second-order valence-corrected chi connectivity index (χ2v) is 10.00. The Morgan fingerprint density at radius 2 is 1.68 bits per heavy atom. The highest BCUT2D eigenvalue weighted by molar-refractivity contribution is 6.07. The first kappa shape index (κ1) is 24.4. The first-order chi connectivity index (χ1) is 16.2. The number of allylic oxidation sites excluding steroid dienone is 2.